The van der Waals surface area contributed by atoms with Crippen LogP contribution in [0.1, 0.15) is 42.4 Å². The highest BCUT2D eigenvalue weighted by Crippen LogP contribution is 2.12. The van der Waals surface area contributed by atoms with Gasteiger partial charge in [-0.2, -0.15) is 19.3 Å². The van der Waals surface area contributed by atoms with Crippen LogP contribution in [-0.2, 0) is 35.5 Å². The van der Waals surface area contributed by atoms with Crippen molar-refractivity contribution in [3.63, 3.8) is 0 Å². The molecule has 15 heteroatoms. The zero-order chi connectivity index (χ0) is 37.9. The number of nitrogens with one attached hydrogen (secondary N) is 4. The number of nitrogens with zero attached hydrogens (tertiary/aromatic N) is 7. The van der Waals surface area contributed by atoms with E-state index >= 15 is 0 Å². The first kappa shape index (κ1) is 39.4. The Bertz CT molecular complexity index is 2040. The molecule has 0 bridgehead atoms. The number of carbonyl (C=O) groups excluding carboxylic acids is 4. The summed E-state index contributed by atoms with van der Waals surface area (Å²) in [7, 11) is 5.69. The quantitative estimate of drug-likeness (QED) is 0.113. The van der Waals surface area contributed by atoms with Gasteiger partial charge in [0.25, 0.3) is 5.91 Å². The first-order valence-electron chi connectivity index (χ1n) is 15.9. The van der Waals surface area contributed by atoms with E-state index in [9.17, 15) is 19.2 Å². The van der Waals surface area contributed by atoms with E-state index in [0.717, 1.165) is 34.0 Å². The largest absolute Gasteiger partial charge is 0.275 e. The molecule has 0 aliphatic heterocycles. The molecule has 0 aliphatic rings. The van der Waals surface area contributed by atoms with Crippen LogP contribution in [0.4, 0.5) is 0 Å². The normalized spacial score (nSPS) is 10.3. The highest BCUT2D eigenvalue weighted by Gasteiger charge is 2.15. The lowest BCUT2D eigenvalue weighted by atomic mass is 10.2. The molecule has 266 valence electrons. The summed E-state index contributed by atoms with van der Waals surface area (Å²) in [5.41, 5.74) is 15.2. The van der Waals surface area contributed by atoms with Crippen LogP contribution in [0.2, 0.25) is 0 Å². The van der Waals surface area contributed by atoms with Gasteiger partial charge in [0.15, 0.2) is 18.6 Å². The van der Waals surface area contributed by atoms with Gasteiger partial charge >= 0.3 is 0 Å². The fourth-order valence-electron chi connectivity index (χ4n) is 4.28. The standard InChI is InChI=1S/C14H14N4O2.C14H14N4O.C9H11N3O/c1-10(19)16-17-14(20)11-6-7-13(18(2)9-11)12-5-3-4-8-15-12;1-11(19)17-16-9-12-6-7-14(18(2)10-12)13-5-3-4-8-15-13;1-8(13)11-10-7-9-5-3-4-6-12(9)2/h3-9,15H,1-2H3;3-10H,1-2H3;3-7H,1-2H3/p+3. The molecule has 5 heterocycles. The summed E-state index contributed by atoms with van der Waals surface area (Å²) in [4.78, 5) is 52.3. The molecule has 5 rings (SSSR count). The van der Waals surface area contributed by atoms with Crippen LogP contribution in [-0.4, -0.2) is 46.0 Å². The number of pyridine rings is 5. The van der Waals surface area contributed by atoms with Crippen molar-refractivity contribution in [2.24, 2.45) is 31.3 Å². The van der Waals surface area contributed by atoms with Gasteiger partial charge in [-0.05, 0) is 42.5 Å². The minimum absolute atomic E-state index is 0.171. The number of hydrazone groups is 2. The van der Waals surface area contributed by atoms with E-state index in [2.05, 4.69) is 41.9 Å². The van der Waals surface area contributed by atoms with Crippen molar-refractivity contribution in [1.82, 2.24) is 31.7 Å². The van der Waals surface area contributed by atoms with Gasteiger partial charge in [0.05, 0.1) is 11.8 Å². The first-order valence-corrected chi connectivity index (χ1v) is 15.9. The molecule has 5 aromatic heterocycles. The molecule has 0 atom stereocenters. The van der Waals surface area contributed by atoms with Crippen molar-refractivity contribution in [3.05, 3.63) is 127 Å². The predicted molar refractivity (Wildman–Crippen MR) is 193 cm³/mol. The van der Waals surface area contributed by atoms with Crippen LogP contribution < -0.4 is 35.4 Å². The van der Waals surface area contributed by atoms with Gasteiger partial charge in [0.1, 0.15) is 44.3 Å². The average Bonchev–Trinajstić information content (AvgIpc) is 3.12. The number of hydrazine groups is 1. The zero-order valence-electron chi connectivity index (χ0n) is 29.8. The van der Waals surface area contributed by atoms with Crippen molar-refractivity contribution in [3.8, 4) is 22.8 Å². The predicted octanol–water partition coefficient (Wildman–Crippen LogP) is 1.38. The Morgan fingerprint density at radius 2 is 1.15 bits per heavy atom. The molecule has 15 nitrogen and oxygen atoms in total. The zero-order valence-corrected chi connectivity index (χ0v) is 29.8. The Balaban J connectivity index is 0.000000215. The van der Waals surface area contributed by atoms with Gasteiger partial charge in [-0.15, -0.1) is 0 Å². The van der Waals surface area contributed by atoms with Crippen LogP contribution in [0.3, 0.4) is 0 Å². The van der Waals surface area contributed by atoms with Crippen LogP contribution >= 0.6 is 0 Å². The summed E-state index contributed by atoms with van der Waals surface area (Å²) in [6, 6.07) is 24.6. The molecule has 0 fully saturated rings. The van der Waals surface area contributed by atoms with Crippen LogP contribution in [0, 0.1) is 0 Å². The van der Waals surface area contributed by atoms with Gasteiger partial charge in [0, 0.05) is 57.4 Å². The molecule has 5 aromatic rings. The van der Waals surface area contributed by atoms with Crippen molar-refractivity contribution < 1.29 is 32.9 Å². The van der Waals surface area contributed by atoms with E-state index < -0.39 is 0 Å². The molecule has 4 N–H and O–H groups in total. The molecular formula is C37H42N11O4+3. The molecule has 0 aliphatic carbocycles. The molecule has 0 saturated carbocycles. The number of carbonyl (C=O) groups is 4. The Kier molecular flexibility index (Phi) is 15.5. The third-order valence-corrected chi connectivity index (χ3v) is 6.71. The van der Waals surface area contributed by atoms with Crippen LogP contribution in [0.15, 0.2) is 120 Å². The number of hydrogen-bond donors (Lipinski definition) is 4. The second kappa shape index (κ2) is 20.5. The molecule has 0 radical (unpaired) electrons. The van der Waals surface area contributed by atoms with Gasteiger partial charge in [-0.25, -0.2) is 25.4 Å². The van der Waals surface area contributed by atoms with Crippen molar-refractivity contribution in [2.75, 3.05) is 0 Å². The van der Waals surface area contributed by atoms with Gasteiger partial charge in [-0.3, -0.25) is 30.0 Å². The Morgan fingerprint density at radius 1 is 0.596 bits per heavy atom. The lowest BCUT2D eigenvalue weighted by Gasteiger charge is -2.05. The lowest BCUT2D eigenvalue weighted by Crippen LogP contribution is -2.41. The van der Waals surface area contributed by atoms with Crippen molar-refractivity contribution >= 4 is 36.1 Å². The maximum Gasteiger partial charge on any atom is 0.275 e. The second-order valence-electron chi connectivity index (χ2n) is 11.0. The van der Waals surface area contributed by atoms with Gasteiger partial charge in [-0.1, -0.05) is 12.1 Å². The summed E-state index contributed by atoms with van der Waals surface area (Å²) in [5.74, 6) is -1.06. The molecule has 0 saturated heterocycles. The third kappa shape index (κ3) is 13.5. The van der Waals surface area contributed by atoms with Gasteiger partial charge < -0.3 is 0 Å². The van der Waals surface area contributed by atoms with E-state index in [1.807, 2.05) is 120 Å². The fourth-order valence-corrected chi connectivity index (χ4v) is 4.28. The van der Waals surface area contributed by atoms with Crippen molar-refractivity contribution in [2.45, 2.75) is 20.8 Å². The smallest absolute Gasteiger partial charge is 0.274 e. The summed E-state index contributed by atoms with van der Waals surface area (Å²) in [5, 5.41) is 7.59. The number of aryl methyl sites for hydroxylation is 3. The van der Waals surface area contributed by atoms with E-state index in [4.69, 9.17) is 0 Å². The monoisotopic (exact) mass is 704 g/mol. The maximum absolute atomic E-state index is 11.8. The molecule has 0 unspecified atom stereocenters. The highest BCUT2D eigenvalue weighted by atomic mass is 16.2. The maximum atomic E-state index is 11.8. The van der Waals surface area contributed by atoms with Crippen molar-refractivity contribution in [1.29, 1.82) is 0 Å². The summed E-state index contributed by atoms with van der Waals surface area (Å²) < 4.78 is 5.69. The second-order valence-corrected chi connectivity index (χ2v) is 11.0. The minimum atomic E-state index is -0.372. The lowest BCUT2D eigenvalue weighted by molar-refractivity contribution is -0.672. The molecule has 0 spiro atoms. The van der Waals surface area contributed by atoms with Crippen LogP contribution in [0.5, 0.6) is 0 Å². The Hall–Kier alpha value is -7.03. The average molecular weight is 705 g/mol. The number of hydrogen-bond acceptors (Lipinski definition) is 8. The third-order valence-electron chi connectivity index (χ3n) is 6.71. The number of rotatable bonds is 7. The topological polar surface area (TPSA) is 179 Å². The Morgan fingerprint density at radius 3 is 1.65 bits per heavy atom. The first-order chi connectivity index (χ1) is 24.9. The number of aromatic nitrogens is 5. The Labute approximate surface area is 301 Å². The SMILES string of the molecule is CC(=O)N/N=C/c1ccc(-c2ccccn2)[n+](C)c1.CC(=O)N/N=C/c1cccc[n+]1C.CC(=O)NNC(=O)c1ccc(-c2ccccn2)[n+](C)c1. The molecular weight excluding hydrogens is 662 g/mol. The fraction of sp³-hybridized carbons (Fsp3) is 0.162. The summed E-state index contributed by atoms with van der Waals surface area (Å²) in [6.07, 6.45) is 12.2. The molecule has 52 heavy (non-hydrogen) atoms. The van der Waals surface area contributed by atoms with E-state index in [1.54, 1.807) is 37.1 Å². The summed E-state index contributed by atoms with van der Waals surface area (Å²) in [6.45, 7) is 4.16. The highest BCUT2D eigenvalue weighted by molar-refractivity contribution is 5.94. The number of amides is 4. The molecule has 4 amide bonds. The van der Waals surface area contributed by atoms with Crippen LogP contribution in [0.25, 0.3) is 22.8 Å². The minimum Gasteiger partial charge on any atom is -0.274 e. The molecule has 0 aromatic carbocycles. The van der Waals surface area contributed by atoms with E-state index in [-0.39, 0.29) is 23.6 Å². The van der Waals surface area contributed by atoms with Gasteiger partial charge in [0.2, 0.25) is 34.8 Å². The van der Waals surface area contributed by atoms with E-state index in [1.165, 1.54) is 20.8 Å². The summed E-state index contributed by atoms with van der Waals surface area (Å²) >= 11 is 0. The van der Waals surface area contributed by atoms with E-state index in [0.29, 0.717) is 5.56 Å².